The van der Waals surface area contributed by atoms with Crippen LogP contribution in [0, 0.1) is 0 Å². The molecule has 0 aliphatic heterocycles. The summed E-state index contributed by atoms with van der Waals surface area (Å²) in [5.41, 5.74) is 0. The van der Waals surface area contributed by atoms with Gasteiger partial charge in [0.25, 0.3) is 9.76 Å². The Morgan fingerprint density at radius 1 is 0.333 bits per heavy atom. The first-order valence-corrected chi connectivity index (χ1v) is 13.2. The van der Waals surface area contributed by atoms with Crippen LogP contribution in [0.25, 0.3) is 75.4 Å². The van der Waals surface area contributed by atoms with E-state index in [0.717, 1.165) is 10.6 Å². The molecule has 1 N–H and O–H groups in total. The van der Waals surface area contributed by atoms with Gasteiger partial charge in [-0.15, -0.1) is 0 Å². The van der Waals surface area contributed by atoms with Crippen molar-refractivity contribution in [3.05, 3.63) is 115 Å². The molecule has 0 atom stereocenters. The molecule has 8 aromatic rings. The lowest BCUT2D eigenvalue weighted by Crippen LogP contribution is -2.13. The maximum absolute atomic E-state index is 9.88. The Kier molecular flexibility index (Phi) is 4.10. The van der Waals surface area contributed by atoms with Gasteiger partial charge in [0.15, 0.2) is 0 Å². The summed E-state index contributed by atoms with van der Waals surface area (Å²) in [5, 5.41) is 18.4. The van der Waals surface area contributed by atoms with Crippen LogP contribution in [-0.4, -0.2) is 14.6 Å². The smallest absolute Gasteiger partial charge is 0.266 e. The third-order valence-corrected chi connectivity index (χ3v) is 8.36. The Morgan fingerprint density at radius 2 is 0.722 bits per heavy atom. The van der Waals surface area contributed by atoms with Crippen molar-refractivity contribution in [3.8, 4) is 0 Å². The van der Waals surface area contributed by atoms with E-state index < -0.39 is 0 Å². The van der Waals surface area contributed by atoms with Gasteiger partial charge in [0.1, 0.15) is 0 Å². The Morgan fingerprint density at radius 3 is 1.28 bits per heavy atom. The van der Waals surface area contributed by atoms with E-state index in [9.17, 15) is 4.80 Å². The molecule has 8 rings (SSSR count). The van der Waals surface area contributed by atoms with E-state index in [1.165, 1.54) is 70.0 Å². The van der Waals surface area contributed by atoms with E-state index in [0.29, 0.717) is 0 Å². The van der Waals surface area contributed by atoms with Crippen LogP contribution in [0.3, 0.4) is 0 Å². The highest BCUT2D eigenvalue weighted by Gasteiger charge is 2.09. The maximum Gasteiger partial charge on any atom is 0.266 e. The molecule has 0 unspecified atom stereocenters. The number of fused-ring (bicyclic) bond motifs is 8. The summed E-state index contributed by atoms with van der Waals surface area (Å²) >= 11 is 0. The van der Waals surface area contributed by atoms with Crippen molar-refractivity contribution in [1.82, 2.24) is 0 Å². The second kappa shape index (κ2) is 7.38. The highest BCUT2D eigenvalue weighted by Crippen LogP contribution is 2.35. The van der Waals surface area contributed by atoms with Crippen LogP contribution in [-0.2, 0) is 0 Å². The van der Waals surface area contributed by atoms with Gasteiger partial charge in [0, 0.05) is 0 Å². The molecule has 2 heteroatoms. The van der Waals surface area contributed by atoms with Crippen LogP contribution in [0.5, 0.6) is 0 Å². The van der Waals surface area contributed by atoms with E-state index in [1.807, 2.05) is 12.1 Å². The lowest BCUT2D eigenvalue weighted by atomic mass is 9.93. The fourth-order valence-electron chi connectivity index (χ4n) is 5.87. The molecule has 0 aliphatic carbocycles. The van der Waals surface area contributed by atoms with Crippen LogP contribution in [0.2, 0.25) is 0 Å². The van der Waals surface area contributed by atoms with Gasteiger partial charge in [0.05, 0.1) is 0 Å². The summed E-state index contributed by atoms with van der Waals surface area (Å²) in [4.78, 5) is 9.88. The molecule has 0 bridgehead atoms. The average Bonchev–Trinajstić information content (AvgIpc) is 2.91. The first kappa shape index (κ1) is 20.0. The van der Waals surface area contributed by atoms with Gasteiger partial charge in [-0.3, -0.25) is 0 Å². The number of rotatable bonds is 1. The van der Waals surface area contributed by atoms with Crippen LogP contribution in [0.1, 0.15) is 0 Å². The maximum atomic E-state index is 9.88. The van der Waals surface area contributed by atoms with Gasteiger partial charge in [-0.25, -0.2) is 0 Å². The molecule has 0 aromatic heterocycles. The van der Waals surface area contributed by atoms with Gasteiger partial charge in [0.2, 0.25) is 0 Å². The lowest BCUT2D eigenvalue weighted by molar-refractivity contribution is 0.616. The second-order valence-electron chi connectivity index (χ2n) is 9.80. The quantitative estimate of drug-likeness (QED) is 0.146. The van der Waals surface area contributed by atoms with Crippen molar-refractivity contribution < 1.29 is 4.80 Å². The van der Waals surface area contributed by atoms with Crippen molar-refractivity contribution in [2.24, 2.45) is 0 Å². The van der Waals surface area contributed by atoms with Gasteiger partial charge in [-0.05, 0) is 141 Å². The van der Waals surface area contributed by atoms with Crippen LogP contribution >= 0.6 is 0 Å². The summed E-state index contributed by atoms with van der Waals surface area (Å²) in [6.45, 7) is 0. The van der Waals surface area contributed by atoms with Gasteiger partial charge in [-0.1, -0.05) is 54.6 Å². The highest BCUT2D eigenvalue weighted by molar-refractivity contribution is 6.50. The molecule has 166 valence electrons. The zero-order valence-corrected chi connectivity index (χ0v) is 20.4. The van der Waals surface area contributed by atoms with Crippen molar-refractivity contribution in [3.63, 3.8) is 0 Å². The molecule has 0 aliphatic rings. The molecular weight excluding hydrogens is 452 g/mol. The summed E-state index contributed by atoms with van der Waals surface area (Å²) in [6, 6.07) is 42.3. The fourth-order valence-corrected chi connectivity index (χ4v) is 6.38. The van der Waals surface area contributed by atoms with E-state index in [1.54, 1.807) is 0 Å². The van der Waals surface area contributed by atoms with Crippen molar-refractivity contribution in [2.75, 3.05) is 0 Å². The molecule has 2 radical (unpaired) electrons. The molecule has 0 amide bonds. The van der Waals surface area contributed by atoms with Crippen LogP contribution in [0.15, 0.2) is 115 Å². The van der Waals surface area contributed by atoms with E-state index in [2.05, 4.69) is 103 Å². The molecule has 1 nitrogen and oxygen atoms in total. The molecule has 8 aromatic carbocycles. The standard InChI is InChI=1S/C34H20OSi/c35-36-34-7-3-6-22-12-27-13-23-8-9-24-14-28-15-25-10-20-4-1-2-5-21(20)11-26(25)16-29(28)17-31(24)32(23)18-30(27)19-33(22)34/h1-19,35H. The number of benzene rings is 8. The summed E-state index contributed by atoms with van der Waals surface area (Å²) in [7, 11) is -0.205. The number of hydrogen-bond donors (Lipinski definition) is 1. The Labute approximate surface area is 210 Å². The normalized spacial score (nSPS) is 12.1. The fraction of sp³-hybridized carbons (Fsp3) is 0. The molecular formula is C34H20OSi. The second-order valence-corrected chi connectivity index (χ2v) is 10.6. The van der Waals surface area contributed by atoms with Crippen molar-refractivity contribution in [2.45, 2.75) is 0 Å². The van der Waals surface area contributed by atoms with Crippen molar-refractivity contribution in [1.29, 1.82) is 0 Å². The Hall–Kier alpha value is -4.24. The molecule has 0 heterocycles. The topological polar surface area (TPSA) is 20.2 Å². The first-order valence-electron chi connectivity index (χ1n) is 12.2. The average molecular weight is 473 g/mol. The van der Waals surface area contributed by atoms with Crippen LogP contribution in [0.4, 0.5) is 0 Å². The summed E-state index contributed by atoms with van der Waals surface area (Å²) in [6.07, 6.45) is 0. The zero-order valence-electron chi connectivity index (χ0n) is 19.4. The molecule has 0 saturated carbocycles. The predicted octanol–water partition coefficient (Wildman–Crippen LogP) is 8.00. The van der Waals surface area contributed by atoms with E-state index in [-0.39, 0.29) is 9.76 Å². The monoisotopic (exact) mass is 472 g/mol. The van der Waals surface area contributed by atoms with E-state index in [4.69, 9.17) is 0 Å². The Bertz CT molecular complexity index is 2190. The number of hydrogen-bond acceptors (Lipinski definition) is 1. The third kappa shape index (κ3) is 2.92. The first-order chi connectivity index (χ1) is 17.7. The highest BCUT2D eigenvalue weighted by atomic mass is 28.2. The third-order valence-electron chi connectivity index (χ3n) is 7.69. The summed E-state index contributed by atoms with van der Waals surface area (Å²) < 4.78 is 0. The minimum absolute atomic E-state index is 0.205. The lowest BCUT2D eigenvalue weighted by Gasteiger charge is -2.11. The van der Waals surface area contributed by atoms with Crippen LogP contribution < -0.4 is 5.19 Å². The molecule has 36 heavy (non-hydrogen) atoms. The SMILES string of the molecule is O[Si]c1cccc2cc3cc4ccc5cc6cc7cc8ccccc8cc7cc6cc5c4cc3cc12. The molecule has 0 spiro atoms. The van der Waals surface area contributed by atoms with E-state index >= 15 is 0 Å². The van der Waals surface area contributed by atoms with Gasteiger partial charge in [-0.2, -0.15) is 0 Å². The summed E-state index contributed by atoms with van der Waals surface area (Å²) in [5.74, 6) is 0. The minimum atomic E-state index is -0.205. The van der Waals surface area contributed by atoms with Crippen molar-refractivity contribution >= 4 is 90.4 Å². The largest absolute Gasteiger partial charge is 0.428 e. The predicted molar refractivity (Wildman–Crippen MR) is 157 cm³/mol. The zero-order chi connectivity index (χ0) is 23.8. The molecule has 0 saturated heterocycles. The minimum Gasteiger partial charge on any atom is -0.428 e. The van der Waals surface area contributed by atoms with Gasteiger partial charge < -0.3 is 4.80 Å². The molecule has 0 fully saturated rings. The Balaban J connectivity index is 1.43. The van der Waals surface area contributed by atoms with Gasteiger partial charge >= 0.3 is 0 Å².